The Balaban J connectivity index is 2.05. The van der Waals surface area contributed by atoms with Crippen LogP contribution in [0, 0.1) is 5.92 Å². The molecule has 1 unspecified atom stereocenters. The first-order valence-electron chi connectivity index (χ1n) is 6.31. The van der Waals surface area contributed by atoms with Crippen LogP contribution in [0.4, 0.5) is 0 Å². The topological polar surface area (TPSA) is 41.9 Å². The summed E-state index contributed by atoms with van der Waals surface area (Å²) in [4.78, 5) is 2.35. The first kappa shape index (κ1) is 13.2. The van der Waals surface area contributed by atoms with Crippen LogP contribution in [0.25, 0.3) is 0 Å². The van der Waals surface area contributed by atoms with Crippen LogP contribution in [-0.2, 0) is 6.54 Å². The van der Waals surface area contributed by atoms with Gasteiger partial charge in [-0.3, -0.25) is 4.90 Å². The van der Waals surface area contributed by atoms with Gasteiger partial charge in [0.2, 0.25) is 0 Å². The third-order valence-corrected chi connectivity index (χ3v) is 3.52. The van der Waals surface area contributed by atoms with E-state index < -0.39 is 0 Å². The maximum Gasteiger partial charge on any atom is 0.127 e. The Labute approximate surface area is 108 Å². The fourth-order valence-electron chi connectivity index (χ4n) is 2.43. The van der Waals surface area contributed by atoms with Crippen LogP contribution in [0.15, 0.2) is 18.2 Å². The van der Waals surface area contributed by atoms with Gasteiger partial charge in [-0.1, -0.05) is 6.07 Å². The predicted molar refractivity (Wildman–Crippen MR) is 70.0 cm³/mol. The first-order chi connectivity index (χ1) is 8.76. The van der Waals surface area contributed by atoms with E-state index >= 15 is 0 Å². The lowest BCUT2D eigenvalue weighted by Crippen LogP contribution is -2.21. The maximum absolute atomic E-state index is 9.15. The van der Waals surface area contributed by atoms with Crippen molar-refractivity contribution in [2.45, 2.75) is 13.0 Å². The second kappa shape index (κ2) is 6.07. The van der Waals surface area contributed by atoms with E-state index in [2.05, 4.69) is 4.90 Å². The van der Waals surface area contributed by atoms with Gasteiger partial charge in [-0.15, -0.1) is 0 Å². The zero-order chi connectivity index (χ0) is 13.0. The number of ether oxygens (including phenoxy) is 2. The monoisotopic (exact) mass is 251 g/mol. The second-order valence-corrected chi connectivity index (χ2v) is 4.75. The summed E-state index contributed by atoms with van der Waals surface area (Å²) in [6, 6.07) is 5.91. The quantitative estimate of drug-likeness (QED) is 0.861. The molecule has 1 aromatic carbocycles. The third-order valence-electron chi connectivity index (χ3n) is 3.52. The number of hydrogen-bond donors (Lipinski definition) is 1. The molecule has 1 atom stereocenters. The average molecular weight is 251 g/mol. The summed E-state index contributed by atoms with van der Waals surface area (Å²) < 4.78 is 10.6. The number of aliphatic hydroxyl groups excluding tert-OH is 1. The molecule has 100 valence electrons. The molecule has 1 heterocycles. The van der Waals surface area contributed by atoms with Gasteiger partial charge in [0.15, 0.2) is 0 Å². The molecule has 0 aliphatic carbocycles. The summed E-state index contributed by atoms with van der Waals surface area (Å²) in [5, 5.41) is 9.15. The van der Waals surface area contributed by atoms with Crippen LogP contribution in [0.3, 0.4) is 0 Å². The summed E-state index contributed by atoms with van der Waals surface area (Å²) in [5.74, 6) is 2.10. The molecule has 1 aromatic rings. The van der Waals surface area contributed by atoms with Gasteiger partial charge in [-0.25, -0.2) is 0 Å². The van der Waals surface area contributed by atoms with Gasteiger partial charge in [0.25, 0.3) is 0 Å². The van der Waals surface area contributed by atoms with Crippen molar-refractivity contribution in [3.8, 4) is 11.5 Å². The van der Waals surface area contributed by atoms with Crippen molar-refractivity contribution in [2.24, 2.45) is 5.92 Å². The van der Waals surface area contributed by atoms with Crippen molar-refractivity contribution in [3.05, 3.63) is 23.8 Å². The van der Waals surface area contributed by atoms with Gasteiger partial charge in [-0.2, -0.15) is 0 Å². The number of benzene rings is 1. The minimum absolute atomic E-state index is 0.288. The van der Waals surface area contributed by atoms with Gasteiger partial charge in [0.05, 0.1) is 14.2 Å². The van der Waals surface area contributed by atoms with Crippen LogP contribution < -0.4 is 9.47 Å². The average Bonchev–Trinajstić information content (AvgIpc) is 2.87. The fraction of sp³-hybridized carbons (Fsp3) is 0.571. The Bertz CT molecular complexity index is 395. The molecule has 1 saturated heterocycles. The number of nitrogens with zero attached hydrogens (tertiary/aromatic N) is 1. The van der Waals surface area contributed by atoms with Crippen molar-refractivity contribution in [1.82, 2.24) is 4.90 Å². The molecule has 18 heavy (non-hydrogen) atoms. The molecular formula is C14H21NO3. The highest BCUT2D eigenvalue weighted by Crippen LogP contribution is 2.27. The van der Waals surface area contributed by atoms with Crippen molar-refractivity contribution in [1.29, 1.82) is 0 Å². The third kappa shape index (κ3) is 2.94. The van der Waals surface area contributed by atoms with Crippen LogP contribution in [0.2, 0.25) is 0 Å². The lowest BCUT2D eigenvalue weighted by atomic mass is 10.1. The van der Waals surface area contributed by atoms with Gasteiger partial charge in [-0.05, 0) is 24.9 Å². The van der Waals surface area contributed by atoms with E-state index in [1.807, 2.05) is 18.2 Å². The Morgan fingerprint density at radius 2 is 2.17 bits per heavy atom. The number of methoxy groups -OCH3 is 2. The number of likely N-dealkylation sites (tertiary alicyclic amines) is 1. The van der Waals surface area contributed by atoms with Crippen molar-refractivity contribution >= 4 is 0 Å². The summed E-state index contributed by atoms with van der Waals surface area (Å²) >= 11 is 0. The van der Waals surface area contributed by atoms with Gasteiger partial charge < -0.3 is 14.6 Å². The fourth-order valence-corrected chi connectivity index (χ4v) is 2.43. The molecule has 1 aliphatic heterocycles. The van der Waals surface area contributed by atoms with Crippen molar-refractivity contribution in [2.75, 3.05) is 33.9 Å². The van der Waals surface area contributed by atoms with E-state index in [9.17, 15) is 0 Å². The zero-order valence-corrected chi connectivity index (χ0v) is 11.1. The predicted octanol–water partition coefficient (Wildman–Crippen LogP) is 1.52. The summed E-state index contributed by atoms with van der Waals surface area (Å²) in [5.41, 5.74) is 1.16. The smallest absolute Gasteiger partial charge is 0.127 e. The Morgan fingerprint density at radius 1 is 1.33 bits per heavy atom. The van der Waals surface area contributed by atoms with Crippen LogP contribution in [0.1, 0.15) is 12.0 Å². The Kier molecular flexibility index (Phi) is 4.44. The normalized spacial score (nSPS) is 20.1. The molecule has 0 aromatic heterocycles. The SMILES string of the molecule is COc1ccc(CN2CCC(CO)C2)c(OC)c1. The molecule has 1 fully saturated rings. The lowest BCUT2D eigenvalue weighted by molar-refractivity contribution is 0.219. The van der Waals surface area contributed by atoms with Crippen LogP contribution in [-0.4, -0.2) is 43.9 Å². The number of aliphatic hydroxyl groups is 1. The van der Waals surface area contributed by atoms with E-state index in [1.165, 1.54) is 0 Å². The van der Waals surface area contributed by atoms with Crippen molar-refractivity contribution in [3.63, 3.8) is 0 Å². The first-order valence-corrected chi connectivity index (χ1v) is 6.31. The molecule has 0 saturated carbocycles. The molecule has 4 heteroatoms. The van der Waals surface area contributed by atoms with E-state index in [0.717, 1.165) is 43.1 Å². The van der Waals surface area contributed by atoms with E-state index in [4.69, 9.17) is 14.6 Å². The van der Waals surface area contributed by atoms with Crippen LogP contribution >= 0.6 is 0 Å². The minimum Gasteiger partial charge on any atom is -0.497 e. The summed E-state index contributed by atoms with van der Waals surface area (Å²) in [6.45, 7) is 3.16. The summed E-state index contributed by atoms with van der Waals surface area (Å²) in [7, 11) is 3.33. The van der Waals surface area contributed by atoms with E-state index in [-0.39, 0.29) is 6.61 Å². The largest absolute Gasteiger partial charge is 0.497 e. The molecule has 2 rings (SSSR count). The minimum atomic E-state index is 0.288. The molecule has 0 amide bonds. The zero-order valence-electron chi connectivity index (χ0n) is 11.1. The molecular weight excluding hydrogens is 230 g/mol. The van der Waals surface area contributed by atoms with Gasteiger partial charge in [0, 0.05) is 31.3 Å². The Morgan fingerprint density at radius 3 is 2.78 bits per heavy atom. The Hall–Kier alpha value is -1.26. The second-order valence-electron chi connectivity index (χ2n) is 4.75. The highest BCUT2D eigenvalue weighted by Gasteiger charge is 2.22. The molecule has 0 spiro atoms. The van der Waals surface area contributed by atoms with Gasteiger partial charge in [0.1, 0.15) is 11.5 Å². The highest BCUT2D eigenvalue weighted by atomic mass is 16.5. The van der Waals surface area contributed by atoms with E-state index in [0.29, 0.717) is 5.92 Å². The number of rotatable bonds is 5. The molecule has 1 N–H and O–H groups in total. The maximum atomic E-state index is 9.15. The molecule has 0 radical (unpaired) electrons. The van der Waals surface area contributed by atoms with Crippen LogP contribution in [0.5, 0.6) is 11.5 Å². The number of hydrogen-bond acceptors (Lipinski definition) is 4. The molecule has 4 nitrogen and oxygen atoms in total. The lowest BCUT2D eigenvalue weighted by Gasteiger charge is -2.18. The summed E-state index contributed by atoms with van der Waals surface area (Å²) in [6.07, 6.45) is 1.08. The van der Waals surface area contributed by atoms with Gasteiger partial charge >= 0.3 is 0 Å². The van der Waals surface area contributed by atoms with E-state index in [1.54, 1.807) is 14.2 Å². The van der Waals surface area contributed by atoms with Crippen molar-refractivity contribution < 1.29 is 14.6 Å². The molecule has 0 bridgehead atoms. The highest BCUT2D eigenvalue weighted by molar-refractivity contribution is 5.40. The standard InChI is InChI=1S/C14H21NO3/c1-17-13-4-3-12(14(7-13)18-2)9-15-6-5-11(8-15)10-16/h3-4,7,11,16H,5-6,8-10H2,1-2H3. The molecule has 1 aliphatic rings.